The van der Waals surface area contributed by atoms with Gasteiger partial charge < -0.3 is 10.2 Å². The lowest BCUT2D eigenvalue weighted by Gasteiger charge is -2.32. The Labute approximate surface area is 168 Å². The van der Waals surface area contributed by atoms with E-state index in [1.807, 2.05) is 0 Å². The molecule has 0 bridgehead atoms. The number of nitrogens with zero attached hydrogens (tertiary/aromatic N) is 1. The van der Waals surface area contributed by atoms with E-state index in [9.17, 15) is 22.4 Å². The molecule has 1 fully saturated rings. The molecule has 3 N–H and O–H groups in total. The third-order valence-electron chi connectivity index (χ3n) is 4.89. The summed E-state index contributed by atoms with van der Waals surface area (Å²) < 4.78 is 35.6. The second-order valence-corrected chi connectivity index (χ2v) is 8.57. The summed E-state index contributed by atoms with van der Waals surface area (Å²) in [5.74, 6) is -1.13. The molecule has 2 aromatic rings. The van der Waals surface area contributed by atoms with Crippen LogP contribution >= 0.6 is 0 Å². The largest absolute Gasteiger partial charge is 0.352 e. The molecule has 0 radical (unpaired) electrons. The summed E-state index contributed by atoms with van der Waals surface area (Å²) in [5.41, 5.74) is 1.13. The fourth-order valence-corrected chi connectivity index (χ4v) is 3.80. The number of benzene rings is 2. The van der Waals surface area contributed by atoms with Crippen LogP contribution in [-0.4, -0.2) is 38.2 Å². The Kier molecular flexibility index (Phi) is 6.29. The maximum Gasteiger partial charge on any atom is 0.253 e. The Balaban J connectivity index is 1.56. The van der Waals surface area contributed by atoms with Crippen molar-refractivity contribution < 1.29 is 22.4 Å². The Hall–Kier alpha value is -2.78. The number of rotatable bonds is 5. The summed E-state index contributed by atoms with van der Waals surface area (Å²) in [4.78, 5) is 26.7. The van der Waals surface area contributed by atoms with Crippen LogP contribution in [-0.2, 0) is 21.4 Å². The number of piperidine rings is 1. The molecule has 7 nitrogen and oxygen atoms in total. The highest BCUT2D eigenvalue weighted by Crippen LogP contribution is 2.19. The monoisotopic (exact) mass is 419 g/mol. The molecule has 3 rings (SSSR count). The summed E-state index contributed by atoms with van der Waals surface area (Å²) in [5, 5.41) is 7.89. The maximum absolute atomic E-state index is 13.1. The molecule has 1 atom stereocenters. The normalized spacial score (nSPS) is 17.0. The number of primary sulfonamides is 1. The van der Waals surface area contributed by atoms with Crippen LogP contribution in [0.1, 0.15) is 28.8 Å². The molecule has 9 heteroatoms. The number of nitrogens with one attached hydrogen (secondary N) is 1. The van der Waals surface area contributed by atoms with E-state index in [2.05, 4.69) is 5.32 Å². The minimum absolute atomic E-state index is 0.00908. The van der Waals surface area contributed by atoms with Crippen LogP contribution in [0.3, 0.4) is 0 Å². The van der Waals surface area contributed by atoms with Gasteiger partial charge in [-0.3, -0.25) is 9.59 Å². The molecular formula is C20H22FN3O4S. The molecule has 29 heavy (non-hydrogen) atoms. The molecule has 1 heterocycles. The van der Waals surface area contributed by atoms with Gasteiger partial charge in [-0.05, 0) is 54.8 Å². The van der Waals surface area contributed by atoms with Gasteiger partial charge in [0, 0.05) is 25.2 Å². The van der Waals surface area contributed by atoms with Crippen LogP contribution in [0.25, 0.3) is 0 Å². The average Bonchev–Trinajstić information content (AvgIpc) is 2.72. The molecule has 154 valence electrons. The summed E-state index contributed by atoms with van der Waals surface area (Å²) >= 11 is 0. The number of carbonyl (C=O) groups excluding carboxylic acids is 2. The highest BCUT2D eigenvalue weighted by molar-refractivity contribution is 7.89. The van der Waals surface area contributed by atoms with Crippen molar-refractivity contribution in [1.82, 2.24) is 10.2 Å². The predicted molar refractivity (Wildman–Crippen MR) is 105 cm³/mol. The zero-order valence-electron chi connectivity index (χ0n) is 15.7. The van der Waals surface area contributed by atoms with Gasteiger partial charge in [0.25, 0.3) is 5.91 Å². The SMILES string of the molecule is NS(=O)(=O)c1ccc(CNC(=O)[C@@H]2CCCN(C(=O)c3ccc(F)cc3)C2)cc1. The Morgan fingerprint density at radius 3 is 2.38 bits per heavy atom. The lowest BCUT2D eigenvalue weighted by atomic mass is 9.96. The van der Waals surface area contributed by atoms with Crippen LogP contribution in [0, 0.1) is 11.7 Å². The van der Waals surface area contributed by atoms with E-state index in [1.165, 1.54) is 36.4 Å². The van der Waals surface area contributed by atoms with Gasteiger partial charge in [-0.2, -0.15) is 0 Å². The number of carbonyl (C=O) groups is 2. The van der Waals surface area contributed by atoms with E-state index in [1.54, 1.807) is 17.0 Å². The van der Waals surface area contributed by atoms with Crippen molar-refractivity contribution in [1.29, 1.82) is 0 Å². The zero-order valence-corrected chi connectivity index (χ0v) is 16.5. The molecule has 2 amide bonds. The highest BCUT2D eigenvalue weighted by Gasteiger charge is 2.28. The molecular weight excluding hydrogens is 397 g/mol. The van der Waals surface area contributed by atoms with Crippen molar-refractivity contribution in [3.05, 3.63) is 65.5 Å². The zero-order chi connectivity index (χ0) is 21.0. The van der Waals surface area contributed by atoms with Crippen molar-refractivity contribution >= 4 is 21.8 Å². The molecule has 0 unspecified atom stereocenters. The van der Waals surface area contributed by atoms with Gasteiger partial charge in [0.2, 0.25) is 15.9 Å². The number of halogens is 1. The Morgan fingerprint density at radius 1 is 1.10 bits per heavy atom. The first-order chi connectivity index (χ1) is 13.7. The van der Waals surface area contributed by atoms with Crippen molar-refractivity contribution in [3.63, 3.8) is 0 Å². The van der Waals surface area contributed by atoms with Crippen LogP contribution in [0.2, 0.25) is 0 Å². The second-order valence-electron chi connectivity index (χ2n) is 7.00. The molecule has 1 saturated heterocycles. The highest BCUT2D eigenvalue weighted by atomic mass is 32.2. The van der Waals surface area contributed by atoms with Crippen LogP contribution in [0.15, 0.2) is 53.4 Å². The lowest BCUT2D eigenvalue weighted by molar-refractivity contribution is -0.126. The smallest absolute Gasteiger partial charge is 0.253 e. The predicted octanol–water partition coefficient (Wildman–Crippen LogP) is 1.64. The molecule has 1 aliphatic heterocycles. The summed E-state index contributed by atoms with van der Waals surface area (Å²) in [6, 6.07) is 11.3. The number of hydrogen-bond acceptors (Lipinski definition) is 4. The lowest BCUT2D eigenvalue weighted by Crippen LogP contribution is -2.45. The van der Waals surface area contributed by atoms with Gasteiger partial charge in [-0.1, -0.05) is 12.1 Å². The van der Waals surface area contributed by atoms with Gasteiger partial charge >= 0.3 is 0 Å². The minimum Gasteiger partial charge on any atom is -0.352 e. The first kappa shape index (κ1) is 20.9. The molecule has 0 saturated carbocycles. The number of hydrogen-bond donors (Lipinski definition) is 2. The molecule has 0 spiro atoms. The minimum atomic E-state index is -3.75. The van der Waals surface area contributed by atoms with Crippen LogP contribution in [0.5, 0.6) is 0 Å². The van der Waals surface area contributed by atoms with Crippen molar-refractivity contribution in [3.8, 4) is 0 Å². The standard InChI is InChI=1S/C20H22FN3O4S/c21-17-7-5-15(6-8-17)20(26)24-11-1-2-16(13-24)19(25)23-12-14-3-9-18(10-4-14)29(22,27)28/h3-10,16H,1-2,11-13H2,(H,23,25)(H2,22,27,28)/t16-/m1/s1. The van der Waals surface area contributed by atoms with Crippen LogP contribution in [0.4, 0.5) is 4.39 Å². The molecule has 2 aromatic carbocycles. The van der Waals surface area contributed by atoms with Crippen molar-refractivity contribution in [2.45, 2.75) is 24.3 Å². The quantitative estimate of drug-likeness (QED) is 0.768. The third-order valence-corrected chi connectivity index (χ3v) is 5.82. The summed E-state index contributed by atoms with van der Waals surface area (Å²) in [6.07, 6.45) is 1.37. The molecule has 0 aromatic heterocycles. The van der Waals surface area contributed by atoms with E-state index < -0.39 is 15.8 Å². The second kappa shape index (κ2) is 8.71. The summed E-state index contributed by atoms with van der Waals surface area (Å²) in [6.45, 7) is 1.09. The van der Waals surface area contributed by atoms with Crippen molar-refractivity contribution in [2.24, 2.45) is 11.1 Å². The van der Waals surface area contributed by atoms with Crippen LogP contribution < -0.4 is 10.5 Å². The van der Waals surface area contributed by atoms with E-state index in [0.29, 0.717) is 31.5 Å². The van der Waals surface area contributed by atoms with E-state index in [-0.39, 0.29) is 29.2 Å². The first-order valence-corrected chi connectivity index (χ1v) is 10.7. The van der Waals surface area contributed by atoms with Gasteiger partial charge in [0.15, 0.2) is 0 Å². The molecule has 0 aliphatic carbocycles. The fraction of sp³-hybridized carbons (Fsp3) is 0.300. The number of sulfonamides is 1. The maximum atomic E-state index is 13.1. The number of nitrogens with two attached hydrogens (primary N) is 1. The topological polar surface area (TPSA) is 110 Å². The fourth-order valence-electron chi connectivity index (χ4n) is 3.28. The van der Waals surface area contributed by atoms with Crippen molar-refractivity contribution in [2.75, 3.05) is 13.1 Å². The van der Waals surface area contributed by atoms with Gasteiger partial charge in [0.1, 0.15) is 5.82 Å². The number of amides is 2. The van der Waals surface area contributed by atoms with E-state index in [0.717, 1.165) is 5.56 Å². The summed E-state index contributed by atoms with van der Waals surface area (Å²) in [7, 11) is -3.75. The van der Waals surface area contributed by atoms with E-state index >= 15 is 0 Å². The van der Waals surface area contributed by atoms with Gasteiger partial charge in [-0.25, -0.2) is 17.9 Å². The van der Waals surface area contributed by atoms with Gasteiger partial charge in [0.05, 0.1) is 10.8 Å². The third kappa shape index (κ3) is 5.39. The Bertz CT molecular complexity index is 991. The Morgan fingerprint density at radius 2 is 1.76 bits per heavy atom. The average molecular weight is 419 g/mol. The number of likely N-dealkylation sites (tertiary alicyclic amines) is 1. The van der Waals surface area contributed by atoms with Gasteiger partial charge in [-0.15, -0.1) is 0 Å². The first-order valence-electron chi connectivity index (χ1n) is 9.18. The molecule has 1 aliphatic rings. The van der Waals surface area contributed by atoms with E-state index in [4.69, 9.17) is 5.14 Å².